The molecule has 0 amide bonds. The highest BCUT2D eigenvalue weighted by Gasteiger charge is 2.25. The monoisotopic (exact) mass is 529 g/mol. The molecule has 30 heavy (non-hydrogen) atoms. The number of hydrogen-bond acceptors (Lipinski definition) is 4. The van der Waals surface area contributed by atoms with Crippen molar-refractivity contribution in [3.8, 4) is 5.75 Å². The first-order valence-electron chi connectivity index (χ1n) is 9.33. The highest BCUT2D eigenvalue weighted by Crippen LogP contribution is 2.25. The smallest absolute Gasteiger partial charge is 0.363 e. The zero-order valence-electron chi connectivity index (χ0n) is 15.8. The van der Waals surface area contributed by atoms with E-state index in [4.69, 9.17) is 21.1 Å². The van der Waals surface area contributed by atoms with Crippen LogP contribution in [0.2, 0.25) is 5.02 Å². The number of nitrogens with zero attached hydrogens (tertiary/aromatic N) is 1. The van der Waals surface area contributed by atoms with Crippen LogP contribution in [0.25, 0.3) is 6.08 Å². The van der Waals surface area contributed by atoms with Crippen molar-refractivity contribution in [2.75, 3.05) is 6.61 Å². The van der Waals surface area contributed by atoms with Gasteiger partial charge >= 0.3 is 5.97 Å². The van der Waals surface area contributed by atoms with Crippen LogP contribution in [0.1, 0.15) is 16.7 Å². The summed E-state index contributed by atoms with van der Waals surface area (Å²) >= 11 is 8.39. The second kappa shape index (κ2) is 9.45. The second-order valence-corrected chi connectivity index (χ2v) is 8.27. The molecule has 0 spiro atoms. The van der Waals surface area contributed by atoms with E-state index >= 15 is 0 Å². The Hall–Kier alpha value is -2.64. The number of aliphatic imine (C=N–C) groups is 1. The molecule has 0 saturated heterocycles. The summed E-state index contributed by atoms with van der Waals surface area (Å²) in [6, 6.07) is 23.2. The second-order valence-electron chi connectivity index (χ2n) is 6.61. The summed E-state index contributed by atoms with van der Waals surface area (Å²) < 4.78 is 12.1. The van der Waals surface area contributed by atoms with E-state index in [0.717, 1.165) is 21.3 Å². The van der Waals surface area contributed by atoms with Crippen LogP contribution in [0.15, 0.2) is 83.5 Å². The molecule has 0 radical (unpaired) electrons. The molecule has 4 rings (SSSR count). The molecule has 1 heterocycles. The molecule has 0 saturated carbocycles. The van der Waals surface area contributed by atoms with Gasteiger partial charge in [0.2, 0.25) is 5.90 Å². The molecule has 0 bridgehead atoms. The van der Waals surface area contributed by atoms with Gasteiger partial charge in [-0.3, -0.25) is 0 Å². The first kappa shape index (κ1) is 20.6. The van der Waals surface area contributed by atoms with Crippen molar-refractivity contribution in [3.05, 3.63) is 104 Å². The highest BCUT2D eigenvalue weighted by atomic mass is 127. The molecule has 0 atom stereocenters. The van der Waals surface area contributed by atoms with E-state index in [1.165, 1.54) is 5.56 Å². The predicted molar refractivity (Wildman–Crippen MR) is 127 cm³/mol. The standard InChI is InChI=1S/C24H17ClINO3/c25-21-11-8-18(26)15-20(21)23-27-22(24(28)30-23)14-17-6-9-19(10-7-17)29-13-12-16-4-2-1-3-5-16/h1-11,14-15H,12-13H2/b22-14-. The van der Waals surface area contributed by atoms with Gasteiger partial charge in [0.1, 0.15) is 5.75 Å². The van der Waals surface area contributed by atoms with Gasteiger partial charge in [0.15, 0.2) is 5.70 Å². The fourth-order valence-electron chi connectivity index (χ4n) is 2.94. The Labute approximate surface area is 193 Å². The molecule has 0 aromatic heterocycles. The van der Waals surface area contributed by atoms with Gasteiger partial charge in [-0.2, -0.15) is 0 Å². The number of halogens is 2. The van der Waals surface area contributed by atoms with Crippen LogP contribution in [0.5, 0.6) is 5.75 Å². The first-order valence-corrected chi connectivity index (χ1v) is 10.8. The lowest BCUT2D eigenvalue weighted by Crippen LogP contribution is -2.06. The summed E-state index contributed by atoms with van der Waals surface area (Å²) in [6.45, 7) is 0.598. The number of ether oxygens (including phenoxy) is 2. The Bertz CT molecular complexity index is 1120. The zero-order valence-corrected chi connectivity index (χ0v) is 18.8. The Morgan fingerprint density at radius 2 is 1.80 bits per heavy atom. The molecule has 3 aromatic carbocycles. The van der Waals surface area contributed by atoms with Gasteiger partial charge in [-0.25, -0.2) is 9.79 Å². The predicted octanol–water partition coefficient (Wildman–Crippen LogP) is 5.91. The summed E-state index contributed by atoms with van der Waals surface area (Å²) in [5, 5.41) is 0.486. The van der Waals surface area contributed by atoms with Crippen molar-refractivity contribution in [1.82, 2.24) is 0 Å². The summed E-state index contributed by atoms with van der Waals surface area (Å²) in [5.41, 5.74) is 2.90. The Balaban J connectivity index is 1.43. The first-order chi connectivity index (χ1) is 14.6. The van der Waals surface area contributed by atoms with Crippen molar-refractivity contribution in [2.24, 2.45) is 4.99 Å². The van der Waals surface area contributed by atoms with E-state index < -0.39 is 5.97 Å². The van der Waals surface area contributed by atoms with Crippen LogP contribution in [0.4, 0.5) is 0 Å². The largest absolute Gasteiger partial charge is 0.493 e. The summed E-state index contributed by atoms with van der Waals surface area (Å²) in [4.78, 5) is 16.6. The number of rotatable bonds is 6. The third kappa shape index (κ3) is 5.09. The normalized spacial score (nSPS) is 14.5. The van der Waals surface area contributed by atoms with E-state index in [-0.39, 0.29) is 11.6 Å². The Morgan fingerprint density at radius 3 is 2.57 bits per heavy atom. The van der Waals surface area contributed by atoms with Crippen LogP contribution in [0, 0.1) is 3.57 Å². The minimum atomic E-state index is -0.497. The lowest BCUT2D eigenvalue weighted by Gasteiger charge is -2.06. The van der Waals surface area contributed by atoms with Gasteiger partial charge in [0.25, 0.3) is 0 Å². The van der Waals surface area contributed by atoms with E-state index in [0.29, 0.717) is 17.2 Å². The minimum Gasteiger partial charge on any atom is -0.493 e. The molecule has 4 nitrogen and oxygen atoms in total. The van der Waals surface area contributed by atoms with Gasteiger partial charge in [-0.1, -0.05) is 54.1 Å². The number of esters is 1. The van der Waals surface area contributed by atoms with E-state index in [1.807, 2.05) is 54.6 Å². The van der Waals surface area contributed by atoms with Gasteiger partial charge in [-0.15, -0.1) is 0 Å². The zero-order chi connectivity index (χ0) is 20.9. The molecular formula is C24H17ClINO3. The number of carbonyl (C=O) groups excluding carboxylic acids is 1. The Morgan fingerprint density at radius 1 is 1.03 bits per heavy atom. The summed E-state index contributed by atoms with van der Waals surface area (Å²) in [7, 11) is 0. The summed E-state index contributed by atoms with van der Waals surface area (Å²) in [6.07, 6.45) is 2.53. The average Bonchev–Trinajstić information content (AvgIpc) is 3.12. The topological polar surface area (TPSA) is 47.9 Å². The average molecular weight is 530 g/mol. The maximum atomic E-state index is 12.2. The lowest BCUT2D eigenvalue weighted by atomic mass is 10.1. The van der Waals surface area contributed by atoms with Crippen LogP contribution < -0.4 is 4.74 Å². The molecule has 0 unspecified atom stereocenters. The van der Waals surface area contributed by atoms with E-state index in [2.05, 4.69) is 39.7 Å². The number of cyclic esters (lactones) is 1. The van der Waals surface area contributed by atoms with Crippen molar-refractivity contribution in [1.29, 1.82) is 0 Å². The fourth-order valence-corrected chi connectivity index (χ4v) is 3.62. The van der Waals surface area contributed by atoms with Crippen LogP contribution >= 0.6 is 34.2 Å². The van der Waals surface area contributed by atoms with Gasteiger partial charge in [-0.05, 0) is 70.1 Å². The van der Waals surface area contributed by atoms with Crippen molar-refractivity contribution in [3.63, 3.8) is 0 Å². The van der Waals surface area contributed by atoms with Gasteiger partial charge < -0.3 is 9.47 Å². The molecular weight excluding hydrogens is 513 g/mol. The molecule has 150 valence electrons. The van der Waals surface area contributed by atoms with E-state index in [1.54, 1.807) is 12.1 Å². The number of carbonyl (C=O) groups is 1. The van der Waals surface area contributed by atoms with Crippen molar-refractivity contribution in [2.45, 2.75) is 6.42 Å². The molecule has 0 aliphatic carbocycles. The number of hydrogen-bond donors (Lipinski definition) is 0. The molecule has 0 fully saturated rings. The van der Waals surface area contributed by atoms with Crippen molar-refractivity contribution >= 4 is 52.1 Å². The fraction of sp³-hybridized carbons (Fsp3) is 0.0833. The quantitative estimate of drug-likeness (QED) is 0.227. The number of benzene rings is 3. The Kier molecular flexibility index (Phi) is 6.50. The maximum absolute atomic E-state index is 12.2. The van der Waals surface area contributed by atoms with Gasteiger partial charge in [0.05, 0.1) is 17.2 Å². The maximum Gasteiger partial charge on any atom is 0.363 e. The van der Waals surface area contributed by atoms with Crippen LogP contribution in [-0.4, -0.2) is 18.5 Å². The molecule has 3 aromatic rings. The molecule has 0 N–H and O–H groups in total. The summed E-state index contributed by atoms with van der Waals surface area (Å²) in [5.74, 6) is 0.496. The van der Waals surface area contributed by atoms with Crippen molar-refractivity contribution < 1.29 is 14.3 Å². The molecule has 1 aliphatic heterocycles. The third-order valence-electron chi connectivity index (χ3n) is 4.47. The third-order valence-corrected chi connectivity index (χ3v) is 5.47. The molecule has 6 heteroatoms. The highest BCUT2D eigenvalue weighted by molar-refractivity contribution is 14.1. The van der Waals surface area contributed by atoms with E-state index in [9.17, 15) is 4.79 Å². The SMILES string of the molecule is O=C1OC(c2cc(I)ccc2Cl)=N/C1=C\c1ccc(OCCc2ccccc2)cc1. The minimum absolute atomic E-state index is 0.218. The van der Waals surface area contributed by atoms with Crippen LogP contribution in [-0.2, 0) is 16.0 Å². The molecule has 1 aliphatic rings. The van der Waals surface area contributed by atoms with Gasteiger partial charge in [0, 0.05) is 9.99 Å². The van der Waals surface area contributed by atoms with Crippen LogP contribution in [0.3, 0.4) is 0 Å². The lowest BCUT2D eigenvalue weighted by molar-refractivity contribution is -0.129.